The molecule has 0 saturated heterocycles. The fourth-order valence-corrected chi connectivity index (χ4v) is 2.53. The third kappa shape index (κ3) is 3.08. The topological polar surface area (TPSA) is 76.4 Å². The molecule has 5 nitrogen and oxygen atoms in total. The average Bonchev–Trinajstić information content (AvgIpc) is 2.68. The van der Waals surface area contributed by atoms with Gasteiger partial charge in [-0.15, -0.1) is 0 Å². The molecular weight excluding hydrogens is 278 g/mol. The minimum atomic E-state index is -3.30. The molecule has 2 rings (SSSR count). The molecule has 1 heterocycles. The van der Waals surface area contributed by atoms with Crippen molar-refractivity contribution >= 4 is 21.4 Å². The minimum Gasteiger partial charge on any atom is -0.466 e. The summed E-state index contributed by atoms with van der Waals surface area (Å²) in [4.78, 5) is 12.3. The molecule has 0 bridgehead atoms. The van der Waals surface area contributed by atoms with Crippen molar-refractivity contribution in [3.8, 4) is 0 Å². The second kappa shape index (κ2) is 5.13. The van der Waals surface area contributed by atoms with Crippen LogP contribution in [0.2, 0.25) is 0 Å². The Morgan fingerprint density at radius 2 is 1.90 bits per heavy atom. The van der Waals surface area contributed by atoms with E-state index >= 15 is 0 Å². The van der Waals surface area contributed by atoms with Gasteiger partial charge < -0.3 is 9.73 Å². The predicted octanol–water partition coefficient (Wildman–Crippen LogP) is 2.55. The molecule has 0 aliphatic rings. The van der Waals surface area contributed by atoms with Crippen molar-refractivity contribution in [2.24, 2.45) is 0 Å². The first-order valence-corrected chi connectivity index (χ1v) is 7.85. The van der Waals surface area contributed by atoms with E-state index in [2.05, 4.69) is 5.32 Å². The van der Waals surface area contributed by atoms with E-state index in [4.69, 9.17) is 4.42 Å². The van der Waals surface area contributed by atoms with Crippen LogP contribution >= 0.6 is 0 Å². The van der Waals surface area contributed by atoms with Gasteiger partial charge in [0.25, 0.3) is 5.91 Å². The van der Waals surface area contributed by atoms with Crippen molar-refractivity contribution in [1.82, 2.24) is 0 Å². The molecule has 106 valence electrons. The number of benzene rings is 1. The zero-order valence-corrected chi connectivity index (χ0v) is 12.2. The Kier molecular flexibility index (Phi) is 3.67. The molecule has 2 aromatic rings. The van der Waals surface area contributed by atoms with E-state index in [0.717, 1.165) is 6.26 Å². The summed E-state index contributed by atoms with van der Waals surface area (Å²) in [6.45, 7) is 3.46. The summed E-state index contributed by atoms with van der Waals surface area (Å²) in [5, 5.41) is 2.66. The third-order valence-corrected chi connectivity index (χ3v) is 3.92. The van der Waals surface area contributed by atoms with Crippen LogP contribution in [-0.2, 0) is 9.84 Å². The van der Waals surface area contributed by atoms with Crippen LogP contribution < -0.4 is 5.32 Å². The summed E-state index contributed by atoms with van der Waals surface area (Å²) in [7, 11) is -3.30. The zero-order valence-electron chi connectivity index (χ0n) is 11.4. The number of nitrogens with one attached hydrogen (secondary N) is 1. The molecule has 20 heavy (non-hydrogen) atoms. The number of furan rings is 1. The second-order valence-corrected chi connectivity index (χ2v) is 6.60. The molecule has 6 heteroatoms. The van der Waals surface area contributed by atoms with Crippen LogP contribution in [0.1, 0.15) is 21.9 Å². The van der Waals surface area contributed by atoms with Gasteiger partial charge in [0, 0.05) is 11.9 Å². The molecule has 1 amide bonds. The number of carbonyl (C=O) groups excluding carboxylic acids is 1. The molecule has 1 aromatic heterocycles. The highest BCUT2D eigenvalue weighted by atomic mass is 32.2. The largest absolute Gasteiger partial charge is 0.466 e. The van der Waals surface area contributed by atoms with Crippen LogP contribution in [0.3, 0.4) is 0 Å². The molecule has 0 aliphatic heterocycles. The van der Waals surface area contributed by atoms with Gasteiger partial charge in [0.1, 0.15) is 11.5 Å². The van der Waals surface area contributed by atoms with Crippen molar-refractivity contribution in [2.45, 2.75) is 18.7 Å². The fourth-order valence-electron chi connectivity index (χ4n) is 1.86. The summed E-state index contributed by atoms with van der Waals surface area (Å²) >= 11 is 0. The Bertz CT molecular complexity index is 759. The number of anilines is 1. The van der Waals surface area contributed by atoms with Gasteiger partial charge in [-0.25, -0.2) is 8.42 Å². The van der Waals surface area contributed by atoms with Crippen molar-refractivity contribution in [2.75, 3.05) is 11.6 Å². The van der Waals surface area contributed by atoms with Crippen LogP contribution in [0.15, 0.2) is 39.6 Å². The maximum Gasteiger partial charge on any atom is 0.259 e. The summed E-state index contributed by atoms with van der Waals surface area (Å²) in [6.07, 6.45) is 1.12. The molecular formula is C14H15NO4S. The van der Waals surface area contributed by atoms with Crippen LogP contribution in [0.25, 0.3) is 0 Å². The molecule has 0 fully saturated rings. The minimum absolute atomic E-state index is 0.162. The van der Waals surface area contributed by atoms with Gasteiger partial charge in [0.05, 0.1) is 10.5 Å². The number of amides is 1. The molecule has 0 saturated carbocycles. The van der Waals surface area contributed by atoms with E-state index in [0.29, 0.717) is 22.8 Å². The standard InChI is InChI=1S/C14H15NO4S/c1-9-7-13(10(2)19-9)14(16)15-11-5-4-6-12(8-11)20(3,17)18/h4-8H,1-3H3,(H,15,16). The van der Waals surface area contributed by atoms with Crippen molar-refractivity contribution in [3.63, 3.8) is 0 Å². The smallest absolute Gasteiger partial charge is 0.259 e. The van der Waals surface area contributed by atoms with Crippen LogP contribution in [0.5, 0.6) is 0 Å². The van der Waals surface area contributed by atoms with Crippen LogP contribution in [0.4, 0.5) is 5.69 Å². The van der Waals surface area contributed by atoms with E-state index in [1.165, 1.54) is 12.1 Å². The summed E-state index contributed by atoms with van der Waals surface area (Å²) in [5.41, 5.74) is 0.864. The van der Waals surface area contributed by atoms with Gasteiger partial charge in [-0.2, -0.15) is 0 Å². The maximum atomic E-state index is 12.1. The monoisotopic (exact) mass is 293 g/mol. The van der Waals surface area contributed by atoms with E-state index in [-0.39, 0.29) is 10.8 Å². The van der Waals surface area contributed by atoms with Gasteiger partial charge in [-0.1, -0.05) is 6.07 Å². The Morgan fingerprint density at radius 3 is 2.45 bits per heavy atom. The number of sulfone groups is 1. The quantitative estimate of drug-likeness (QED) is 0.943. The van der Waals surface area contributed by atoms with Gasteiger partial charge in [-0.05, 0) is 38.1 Å². The van der Waals surface area contributed by atoms with Gasteiger partial charge in [0.15, 0.2) is 9.84 Å². The van der Waals surface area contributed by atoms with Crippen molar-refractivity contribution in [1.29, 1.82) is 0 Å². The second-order valence-electron chi connectivity index (χ2n) is 4.58. The van der Waals surface area contributed by atoms with Gasteiger partial charge in [-0.3, -0.25) is 4.79 Å². The van der Waals surface area contributed by atoms with Crippen molar-refractivity contribution in [3.05, 3.63) is 47.4 Å². The molecule has 1 N–H and O–H groups in total. The van der Waals surface area contributed by atoms with E-state index in [1.54, 1.807) is 32.0 Å². The molecule has 1 aromatic carbocycles. The van der Waals surface area contributed by atoms with Crippen LogP contribution in [0, 0.1) is 13.8 Å². The Morgan fingerprint density at radius 1 is 1.20 bits per heavy atom. The lowest BCUT2D eigenvalue weighted by atomic mass is 10.2. The SMILES string of the molecule is Cc1cc(C(=O)Nc2cccc(S(C)(=O)=O)c2)c(C)o1. The number of hydrogen-bond acceptors (Lipinski definition) is 4. The lowest BCUT2D eigenvalue weighted by molar-refractivity contribution is 0.102. The molecule has 0 aliphatic carbocycles. The highest BCUT2D eigenvalue weighted by Crippen LogP contribution is 2.18. The molecule has 0 spiro atoms. The highest BCUT2D eigenvalue weighted by Gasteiger charge is 2.14. The maximum absolute atomic E-state index is 12.1. The first kappa shape index (κ1) is 14.3. The normalized spacial score (nSPS) is 11.3. The average molecular weight is 293 g/mol. The Hall–Kier alpha value is -2.08. The molecule has 0 unspecified atom stereocenters. The summed E-state index contributed by atoms with van der Waals surface area (Å²) in [5.74, 6) is 0.849. The van der Waals surface area contributed by atoms with E-state index in [9.17, 15) is 13.2 Å². The van der Waals surface area contributed by atoms with Gasteiger partial charge >= 0.3 is 0 Å². The number of hydrogen-bond donors (Lipinski definition) is 1. The fraction of sp³-hybridized carbons (Fsp3) is 0.214. The molecule has 0 atom stereocenters. The van der Waals surface area contributed by atoms with Gasteiger partial charge in [0.2, 0.25) is 0 Å². The lowest BCUT2D eigenvalue weighted by Gasteiger charge is -2.06. The van der Waals surface area contributed by atoms with Crippen molar-refractivity contribution < 1.29 is 17.6 Å². The number of carbonyl (C=O) groups is 1. The lowest BCUT2D eigenvalue weighted by Crippen LogP contribution is -2.12. The summed E-state index contributed by atoms with van der Waals surface area (Å²) < 4.78 is 28.2. The highest BCUT2D eigenvalue weighted by molar-refractivity contribution is 7.90. The first-order chi connectivity index (χ1) is 9.27. The Balaban J connectivity index is 2.27. The predicted molar refractivity (Wildman–Crippen MR) is 75.7 cm³/mol. The summed E-state index contributed by atoms with van der Waals surface area (Å²) in [6, 6.07) is 7.77. The third-order valence-electron chi connectivity index (χ3n) is 2.81. The zero-order chi connectivity index (χ0) is 14.9. The van der Waals surface area contributed by atoms with E-state index < -0.39 is 9.84 Å². The number of aryl methyl sites for hydroxylation is 2. The Labute approximate surface area is 117 Å². The van der Waals surface area contributed by atoms with Crippen LogP contribution in [-0.4, -0.2) is 20.6 Å². The van der Waals surface area contributed by atoms with E-state index in [1.807, 2.05) is 0 Å². The number of rotatable bonds is 3. The molecule has 0 radical (unpaired) electrons. The first-order valence-electron chi connectivity index (χ1n) is 5.96.